The first-order valence-electron chi connectivity index (χ1n) is 5.64. The van der Waals surface area contributed by atoms with Gasteiger partial charge in [0.05, 0.1) is 0 Å². The summed E-state index contributed by atoms with van der Waals surface area (Å²) in [6.07, 6.45) is 10.4. The lowest BCUT2D eigenvalue weighted by molar-refractivity contribution is 0.349. The standard InChI is InChI=1S/C12H23N/c1-3-4-5-7-11-8-6-9-12(11)10-13-2/h3,11-13H,1,4-10H2,2H3. The first-order chi connectivity index (χ1) is 6.38. The van der Waals surface area contributed by atoms with Crippen molar-refractivity contribution < 1.29 is 0 Å². The smallest absolute Gasteiger partial charge is 0.00209 e. The van der Waals surface area contributed by atoms with Crippen LogP contribution in [0.5, 0.6) is 0 Å². The Bertz CT molecular complexity index is 142. The Kier molecular flexibility index (Phi) is 5.14. The van der Waals surface area contributed by atoms with Crippen LogP contribution in [0.15, 0.2) is 12.7 Å². The molecule has 0 amide bonds. The Balaban J connectivity index is 2.18. The van der Waals surface area contributed by atoms with Crippen molar-refractivity contribution >= 4 is 0 Å². The Hall–Kier alpha value is -0.300. The van der Waals surface area contributed by atoms with E-state index in [0.717, 1.165) is 11.8 Å². The van der Waals surface area contributed by atoms with E-state index in [1.807, 2.05) is 6.08 Å². The second kappa shape index (κ2) is 6.20. The fourth-order valence-corrected chi connectivity index (χ4v) is 2.55. The van der Waals surface area contributed by atoms with Crippen molar-refractivity contribution in [2.75, 3.05) is 13.6 Å². The summed E-state index contributed by atoms with van der Waals surface area (Å²) in [6, 6.07) is 0. The fraction of sp³-hybridized carbons (Fsp3) is 0.833. The highest BCUT2D eigenvalue weighted by Crippen LogP contribution is 2.34. The molecular weight excluding hydrogens is 158 g/mol. The van der Waals surface area contributed by atoms with E-state index >= 15 is 0 Å². The zero-order chi connectivity index (χ0) is 9.52. The highest BCUT2D eigenvalue weighted by atomic mass is 14.8. The molecule has 1 heteroatoms. The third-order valence-corrected chi connectivity index (χ3v) is 3.27. The minimum Gasteiger partial charge on any atom is -0.319 e. The molecule has 0 heterocycles. The topological polar surface area (TPSA) is 12.0 Å². The van der Waals surface area contributed by atoms with Crippen LogP contribution in [0.4, 0.5) is 0 Å². The third-order valence-electron chi connectivity index (χ3n) is 3.27. The summed E-state index contributed by atoms with van der Waals surface area (Å²) in [5.41, 5.74) is 0. The molecule has 1 rings (SSSR count). The molecule has 0 bridgehead atoms. The largest absolute Gasteiger partial charge is 0.319 e. The zero-order valence-electron chi connectivity index (χ0n) is 8.89. The average molecular weight is 181 g/mol. The van der Waals surface area contributed by atoms with Crippen LogP contribution in [0.3, 0.4) is 0 Å². The Labute approximate surface area is 82.6 Å². The van der Waals surface area contributed by atoms with Crippen LogP contribution in [0, 0.1) is 11.8 Å². The van der Waals surface area contributed by atoms with Crippen molar-refractivity contribution in [2.45, 2.75) is 38.5 Å². The van der Waals surface area contributed by atoms with Gasteiger partial charge in [-0.15, -0.1) is 6.58 Å². The van der Waals surface area contributed by atoms with Crippen LogP contribution in [0.2, 0.25) is 0 Å². The number of rotatable bonds is 6. The van der Waals surface area contributed by atoms with Crippen LogP contribution >= 0.6 is 0 Å². The van der Waals surface area contributed by atoms with Gasteiger partial charge in [0, 0.05) is 0 Å². The molecule has 1 fully saturated rings. The maximum Gasteiger partial charge on any atom is -0.00209 e. The van der Waals surface area contributed by atoms with Gasteiger partial charge in [-0.05, 0) is 51.1 Å². The van der Waals surface area contributed by atoms with E-state index in [1.165, 1.54) is 45.1 Å². The predicted molar refractivity (Wildman–Crippen MR) is 58.8 cm³/mol. The van der Waals surface area contributed by atoms with E-state index in [9.17, 15) is 0 Å². The van der Waals surface area contributed by atoms with Gasteiger partial charge in [-0.1, -0.05) is 18.9 Å². The second-order valence-corrected chi connectivity index (χ2v) is 4.23. The van der Waals surface area contributed by atoms with Gasteiger partial charge in [0.15, 0.2) is 0 Å². The van der Waals surface area contributed by atoms with E-state index in [4.69, 9.17) is 0 Å². The minimum absolute atomic E-state index is 0.954. The van der Waals surface area contributed by atoms with Gasteiger partial charge in [-0.3, -0.25) is 0 Å². The van der Waals surface area contributed by atoms with Gasteiger partial charge in [-0.2, -0.15) is 0 Å². The monoisotopic (exact) mass is 181 g/mol. The molecule has 76 valence electrons. The van der Waals surface area contributed by atoms with E-state index in [1.54, 1.807) is 0 Å². The molecule has 13 heavy (non-hydrogen) atoms. The zero-order valence-corrected chi connectivity index (χ0v) is 8.89. The molecule has 0 saturated heterocycles. The van der Waals surface area contributed by atoms with Gasteiger partial charge >= 0.3 is 0 Å². The lowest BCUT2D eigenvalue weighted by atomic mass is 9.91. The van der Waals surface area contributed by atoms with Crippen molar-refractivity contribution in [1.82, 2.24) is 5.32 Å². The fourth-order valence-electron chi connectivity index (χ4n) is 2.55. The van der Waals surface area contributed by atoms with Crippen molar-refractivity contribution in [1.29, 1.82) is 0 Å². The van der Waals surface area contributed by atoms with Gasteiger partial charge in [0.25, 0.3) is 0 Å². The minimum atomic E-state index is 0.954. The molecule has 1 aliphatic carbocycles. The second-order valence-electron chi connectivity index (χ2n) is 4.23. The van der Waals surface area contributed by atoms with Crippen molar-refractivity contribution in [2.24, 2.45) is 11.8 Å². The van der Waals surface area contributed by atoms with Gasteiger partial charge in [0.1, 0.15) is 0 Å². The molecule has 2 unspecified atom stereocenters. The molecule has 1 saturated carbocycles. The molecule has 0 aromatic rings. The summed E-state index contributed by atoms with van der Waals surface area (Å²) >= 11 is 0. The van der Waals surface area contributed by atoms with E-state index in [0.29, 0.717) is 0 Å². The summed E-state index contributed by atoms with van der Waals surface area (Å²) in [6.45, 7) is 4.99. The lowest BCUT2D eigenvalue weighted by Crippen LogP contribution is -2.21. The molecule has 0 radical (unpaired) electrons. The normalized spacial score (nSPS) is 27.8. The molecule has 0 aromatic carbocycles. The van der Waals surface area contributed by atoms with Gasteiger partial charge in [0.2, 0.25) is 0 Å². The Morgan fingerprint density at radius 3 is 2.85 bits per heavy atom. The Morgan fingerprint density at radius 1 is 1.38 bits per heavy atom. The number of allylic oxidation sites excluding steroid dienone is 1. The molecule has 1 N–H and O–H groups in total. The molecule has 1 aliphatic rings. The first-order valence-corrected chi connectivity index (χ1v) is 5.64. The summed E-state index contributed by atoms with van der Waals surface area (Å²) < 4.78 is 0. The lowest BCUT2D eigenvalue weighted by Gasteiger charge is -2.18. The predicted octanol–water partition coefficient (Wildman–Crippen LogP) is 2.98. The summed E-state index contributed by atoms with van der Waals surface area (Å²) in [5, 5.41) is 3.31. The van der Waals surface area contributed by atoms with E-state index in [-0.39, 0.29) is 0 Å². The SMILES string of the molecule is C=CCCCC1CCCC1CNC. The molecular formula is C12H23N. The van der Waals surface area contributed by atoms with Crippen molar-refractivity contribution in [3.8, 4) is 0 Å². The van der Waals surface area contributed by atoms with Crippen LogP contribution in [0.1, 0.15) is 38.5 Å². The molecule has 0 spiro atoms. The highest BCUT2D eigenvalue weighted by Gasteiger charge is 2.25. The number of unbranched alkanes of at least 4 members (excludes halogenated alkanes) is 1. The maximum atomic E-state index is 3.77. The van der Waals surface area contributed by atoms with E-state index < -0.39 is 0 Å². The molecule has 2 atom stereocenters. The number of hydrogen-bond acceptors (Lipinski definition) is 1. The van der Waals surface area contributed by atoms with Crippen LogP contribution in [-0.2, 0) is 0 Å². The summed E-state index contributed by atoms with van der Waals surface area (Å²) in [7, 11) is 2.07. The van der Waals surface area contributed by atoms with Crippen molar-refractivity contribution in [3.05, 3.63) is 12.7 Å². The quantitative estimate of drug-likeness (QED) is 0.490. The average Bonchev–Trinajstić information content (AvgIpc) is 2.54. The van der Waals surface area contributed by atoms with Crippen molar-refractivity contribution in [3.63, 3.8) is 0 Å². The number of nitrogens with one attached hydrogen (secondary N) is 1. The summed E-state index contributed by atoms with van der Waals surface area (Å²) in [5.74, 6) is 1.95. The van der Waals surface area contributed by atoms with Gasteiger partial charge in [-0.25, -0.2) is 0 Å². The highest BCUT2D eigenvalue weighted by molar-refractivity contribution is 4.79. The first kappa shape index (κ1) is 10.8. The number of hydrogen-bond donors (Lipinski definition) is 1. The third kappa shape index (κ3) is 3.51. The maximum absolute atomic E-state index is 3.77. The summed E-state index contributed by atoms with van der Waals surface area (Å²) in [4.78, 5) is 0. The van der Waals surface area contributed by atoms with Crippen LogP contribution < -0.4 is 5.32 Å². The molecule has 1 nitrogen and oxygen atoms in total. The van der Waals surface area contributed by atoms with Crippen LogP contribution in [-0.4, -0.2) is 13.6 Å². The van der Waals surface area contributed by atoms with E-state index in [2.05, 4.69) is 18.9 Å². The van der Waals surface area contributed by atoms with Crippen LogP contribution in [0.25, 0.3) is 0 Å². The molecule has 0 aliphatic heterocycles. The molecule has 0 aromatic heterocycles. The Morgan fingerprint density at radius 2 is 2.15 bits per heavy atom. The van der Waals surface area contributed by atoms with Gasteiger partial charge < -0.3 is 5.32 Å².